The quantitative estimate of drug-likeness (QED) is 0.476. The van der Waals surface area contributed by atoms with E-state index in [1.807, 2.05) is 31.4 Å². The third-order valence-electron chi connectivity index (χ3n) is 6.90. The highest BCUT2D eigenvalue weighted by Gasteiger charge is 2.25. The maximum atomic E-state index is 13.1. The molecule has 2 aromatic carbocycles. The highest BCUT2D eigenvalue weighted by Crippen LogP contribution is 2.33. The second kappa shape index (κ2) is 10.4. The number of aromatic nitrogens is 2. The normalized spacial score (nSPS) is 14.9. The van der Waals surface area contributed by atoms with Crippen LogP contribution < -0.4 is 14.2 Å². The molecule has 1 amide bonds. The number of hydrogen-bond acceptors (Lipinski definition) is 5. The van der Waals surface area contributed by atoms with Gasteiger partial charge in [0.25, 0.3) is 5.91 Å². The number of aryl methyl sites for hydroxylation is 3. The maximum Gasteiger partial charge on any atom is 0.273 e. The topological polar surface area (TPSA) is 65.8 Å². The lowest BCUT2D eigenvalue weighted by atomic mass is 9.89. The lowest BCUT2D eigenvalue weighted by molar-refractivity contribution is 0.0791. The number of carbonyl (C=O) groups excluding carboxylic acids is 1. The molecule has 0 saturated heterocycles. The number of ether oxygens (including phenoxy) is 3. The molecule has 0 saturated carbocycles. The van der Waals surface area contributed by atoms with E-state index in [4.69, 9.17) is 14.2 Å². The molecule has 0 unspecified atom stereocenters. The summed E-state index contributed by atoms with van der Waals surface area (Å²) >= 11 is 0. The standard InChI is InChI=1S/C28H35N3O4/c1-18-13-22(14-19(2)27(18)35-6)21-8-10-26-29-23(17-31(26)16-21)28(32)30(3)12-11-20-7-9-24(33-4)25(15-20)34-5/h7,9,13-15,17,21H,8,10-12,16H2,1-6H3/t21-/m0/s1. The maximum absolute atomic E-state index is 13.1. The molecule has 1 aliphatic heterocycles. The average Bonchev–Trinajstić information content (AvgIpc) is 3.29. The first-order valence-electron chi connectivity index (χ1n) is 12.0. The Morgan fingerprint density at radius 1 is 1.06 bits per heavy atom. The van der Waals surface area contributed by atoms with Crippen molar-refractivity contribution in [1.29, 1.82) is 0 Å². The molecule has 7 nitrogen and oxygen atoms in total. The number of likely N-dealkylation sites (N-methyl/N-ethyl adjacent to an activating group) is 1. The van der Waals surface area contributed by atoms with E-state index in [1.54, 1.807) is 26.2 Å². The second-order valence-corrected chi connectivity index (χ2v) is 9.28. The van der Waals surface area contributed by atoms with Crippen molar-refractivity contribution in [1.82, 2.24) is 14.5 Å². The van der Waals surface area contributed by atoms with Crippen molar-refractivity contribution in [3.05, 3.63) is 70.3 Å². The first kappa shape index (κ1) is 24.6. The number of methoxy groups -OCH3 is 3. The predicted octanol–water partition coefficient (Wildman–Crippen LogP) is 4.57. The predicted molar refractivity (Wildman–Crippen MR) is 136 cm³/mol. The number of fused-ring (bicyclic) bond motifs is 1. The molecular formula is C28H35N3O4. The molecule has 0 spiro atoms. The van der Waals surface area contributed by atoms with E-state index < -0.39 is 0 Å². The van der Waals surface area contributed by atoms with Gasteiger partial charge in [-0.15, -0.1) is 0 Å². The molecule has 35 heavy (non-hydrogen) atoms. The molecule has 1 atom stereocenters. The number of carbonyl (C=O) groups is 1. The zero-order chi connectivity index (χ0) is 25.1. The van der Waals surface area contributed by atoms with Crippen molar-refractivity contribution in [2.45, 2.75) is 45.6 Å². The monoisotopic (exact) mass is 477 g/mol. The number of imidazole rings is 1. The summed E-state index contributed by atoms with van der Waals surface area (Å²) in [6.07, 6.45) is 4.51. The molecule has 0 fully saturated rings. The van der Waals surface area contributed by atoms with Crippen molar-refractivity contribution in [3.8, 4) is 17.2 Å². The molecule has 2 heterocycles. The van der Waals surface area contributed by atoms with Crippen LogP contribution in [0.5, 0.6) is 17.2 Å². The molecule has 0 aliphatic carbocycles. The molecule has 0 radical (unpaired) electrons. The third-order valence-corrected chi connectivity index (χ3v) is 6.90. The van der Waals surface area contributed by atoms with Crippen molar-refractivity contribution < 1.29 is 19.0 Å². The van der Waals surface area contributed by atoms with Gasteiger partial charge in [0.1, 0.15) is 17.3 Å². The third kappa shape index (κ3) is 5.14. The van der Waals surface area contributed by atoms with Gasteiger partial charge >= 0.3 is 0 Å². The van der Waals surface area contributed by atoms with Gasteiger partial charge in [0.15, 0.2) is 11.5 Å². The highest BCUT2D eigenvalue weighted by molar-refractivity contribution is 5.92. The number of amides is 1. The number of benzene rings is 2. The van der Waals surface area contributed by atoms with Crippen LogP contribution >= 0.6 is 0 Å². The van der Waals surface area contributed by atoms with E-state index in [0.29, 0.717) is 36.1 Å². The molecule has 1 aliphatic rings. The largest absolute Gasteiger partial charge is 0.496 e. The number of nitrogens with zero attached hydrogens (tertiary/aromatic N) is 3. The Hall–Kier alpha value is -3.48. The van der Waals surface area contributed by atoms with Gasteiger partial charge in [-0.3, -0.25) is 4.79 Å². The lowest BCUT2D eigenvalue weighted by Crippen LogP contribution is -2.29. The fourth-order valence-corrected chi connectivity index (χ4v) is 4.99. The highest BCUT2D eigenvalue weighted by atomic mass is 16.5. The van der Waals surface area contributed by atoms with Crippen LogP contribution in [-0.4, -0.2) is 55.3 Å². The minimum absolute atomic E-state index is 0.0555. The van der Waals surface area contributed by atoms with Crippen molar-refractivity contribution in [3.63, 3.8) is 0 Å². The van der Waals surface area contributed by atoms with Gasteiger partial charge in [-0.2, -0.15) is 0 Å². The Labute approximate surface area is 207 Å². The summed E-state index contributed by atoms with van der Waals surface area (Å²) in [6, 6.07) is 10.3. The van der Waals surface area contributed by atoms with Crippen LogP contribution in [0.1, 0.15) is 50.9 Å². The van der Waals surface area contributed by atoms with Crippen LogP contribution in [0.25, 0.3) is 0 Å². The first-order chi connectivity index (χ1) is 16.8. The smallest absolute Gasteiger partial charge is 0.273 e. The average molecular weight is 478 g/mol. The van der Waals surface area contributed by atoms with Crippen LogP contribution in [0.3, 0.4) is 0 Å². The van der Waals surface area contributed by atoms with E-state index in [2.05, 4.69) is 35.5 Å². The Morgan fingerprint density at radius 3 is 2.43 bits per heavy atom. The Balaban J connectivity index is 1.42. The number of hydrogen-bond donors (Lipinski definition) is 0. The summed E-state index contributed by atoms with van der Waals surface area (Å²) in [7, 11) is 6.79. The summed E-state index contributed by atoms with van der Waals surface area (Å²) < 4.78 is 18.4. The van der Waals surface area contributed by atoms with Gasteiger partial charge in [-0.1, -0.05) is 18.2 Å². The Bertz CT molecular complexity index is 1190. The van der Waals surface area contributed by atoms with Crippen molar-refractivity contribution in [2.75, 3.05) is 34.9 Å². The van der Waals surface area contributed by atoms with Crippen LogP contribution in [0.4, 0.5) is 0 Å². The zero-order valence-electron chi connectivity index (χ0n) is 21.6. The van der Waals surface area contributed by atoms with Gasteiger partial charge in [-0.05, 0) is 61.1 Å². The minimum Gasteiger partial charge on any atom is -0.496 e. The second-order valence-electron chi connectivity index (χ2n) is 9.28. The van der Waals surface area contributed by atoms with Gasteiger partial charge < -0.3 is 23.7 Å². The fourth-order valence-electron chi connectivity index (χ4n) is 4.99. The van der Waals surface area contributed by atoms with Gasteiger partial charge in [-0.25, -0.2) is 4.98 Å². The Kier molecular flexibility index (Phi) is 7.34. The van der Waals surface area contributed by atoms with Crippen molar-refractivity contribution in [2.24, 2.45) is 0 Å². The van der Waals surface area contributed by atoms with Crippen LogP contribution in [0.15, 0.2) is 36.5 Å². The van der Waals surface area contributed by atoms with E-state index in [0.717, 1.165) is 47.7 Å². The molecule has 3 aromatic rings. The SMILES string of the molecule is COc1ccc(CCN(C)C(=O)c2cn3c(n2)CC[C@H](c2cc(C)c(OC)c(C)c2)C3)cc1OC. The minimum atomic E-state index is -0.0555. The van der Waals surface area contributed by atoms with E-state index >= 15 is 0 Å². The summed E-state index contributed by atoms with van der Waals surface area (Å²) in [4.78, 5) is 19.5. The van der Waals surface area contributed by atoms with Gasteiger partial charge in [0.05, 0.1) is 21.3 Å². The van der Waals surface area contributed by atoms with Crippen molar-refractivity contribution >= 4 is 5.91 Å². The summed E-state index contributed by atoms with van der Waals surface area (Å²) in [6.45, 7) is 5.60. The number of rotatable bonds is 8. The van der Waals surface area contributed by atoms with Gasteiger partial charge in [0, 0.05) is 38.7 Å². The fraction of sp³-hybridized carbons (Fsp3) is 0.429. The summed E-state index contributed by atoms with van der Waals surface area (Å²) in [5.74, 6) is 3.67. The van der Waals surface area contributed by atoms with Crippen LogP contribution in [0.2, 0.25) is 0 Å². The molecule has 7 heteroatoms. The molecule has 1 aromatic heterocycles. The van der Waals surface area contributed by atoms with E-state index in [9.17, 15) is 4.79 Å². The molecule has 186 valence electrons. The van der Waals surface area contributed by atoms with E-state index in [-0.39, 0.29) is 5.91 Å². The first-order valence-corrected chi connectivity index (χ1v) is 12.0. The zero-order valence-corrected chi connectivity index (χ0v) is 21.6. The summed E-state index contributed by atoms with van der Waals surface area (Å²) in [5.41, 5.74) is 5.23. The molecule has 0 bridgehead atoms. The van der Waals surface area contributed by atoms with Crippen LogP contribution in [0, 0.1) is 13.8 Å². The molecule has 4 rings (SSSR count). The van der Waals surface area contributed by atoms with Gasteiger partial charge in [0.2, 0.25) is 0 Å². The lowest BCUT2D eigenvalue weighted by Gasteiger charge is -2.25. The molecular weight excluding hydrogens is 442 g/mol. The molecule has 0 N–H and O–H groups in total. The van der Waals surface area contributed by atoms with E-state index in [1.165, 1.54) is 5.56 Å². The summed E-state index contributed by atoms with van der Waals surface area (Å²) in [5, 5.41) is 0. The van der Waals surface area contributed by atoms with Crippen LogP contribution in [-0.2, 0) is 19.4 Å². The Morgan fingerprint density at radius 2 is 1.77 bits per heavy atom.